The second kappa shape index (κ2) is 10.1. The lowest BCUT2D eigenvalue weighted by molar-refractivity contribution is -0.116. The Kier molecular flexibility index (Phi) is 7.25. The summed E-state index contributed by atoms with van der Waals surface area (Å²) in [6, 6.07) is 19.4. The van der Waals surface area contributed by atoms with Crippen LogP contribution in [0.1, 0.15) is 23.7 Å². The number of nitrogens with zero attached hydrogens (tertiary/aromatic N) is 2. The lowest BCUT2D eigenvalue weighted by Crippen LogP contribution is -2.29. The number of thioether (sulfide) groups is 1. The van der Waals surface area contributed by atoms with Crippen molar-refractivity contribution in [1.82, 2.24) is 9.55 Å². The number of carbonyl (C=O) groups excluding carboxylic acids is 1. The van der Waals surface area contributed by atoms with Crippen molar-refractivity contribution < 1.29 is 4.79 Å². The van der Waals surface area contributed by atoms with E-state index in [4.69, 9.17) is 0 Å². The molecule has 0 radical (unpaired) electrons. The lowest BCUT2D eigenvalue weighted by atomic mass is 10.1. The monoisotopic (exact) mass is 407 g/mol. The SMILES string of the molecule is CCc1ccc(NC(=O)Cn2c(SCCc3ccccc3)nc(C)cc2=O)cc1. The fraction of sp³-hybridized carbons (Fsp3) is 0.261. The lowest BCUT2D eigenvalue weighted by Gasteiger charge is -2.12. The summed E-state index contributed by atoms with van der Waals surface area (Å²) in [4.78, 5) is 29.5. The van der Waals surface area contributed by atoms with Gasteiger partial charge in [0, 0.05) is 23.2 Å². The standard InChI is InChI=1S/C23H25N3O2S/c1-3-18-9-11-20(12-10-18)25-21(27)16-26-22(28)15-17(2)24-23(26)29-14-13-19-7-5-4-6-8-19/h4-12,15H,3,13-14,16H2,1-2H3,(H,25,27). The van der Waals surface area contributed by atoms with E-state index in [0.717, 1.165) is 24.3 Å². The molecule has 0 saturated heterocycles. The maximum absolute atomic E-state index is 12.5. The van der Waals surface area contributed by atoms with E-state index in [1.165, 1.54) is 33.5 Å². The third-order valence-corrected chi connectivity index (χ3v) is 5.49. The first-order valence-corrected chi connectivity index (χ1v) is 10.7. The number of rotatable bonds is 8. The van der Waals surface area contributed by atoms with Crippen LogP contribution in [0.5, 0.6) is 0 Å². The van der Waals surface area contributed by atoms with Crippen molar-refractivity contribution >= 4 is 23.4 Å². The first-order valence-electron chi connectivity index (χ1n) is 9.69. The highest BCUT2D eigenvalue weighted by atomic mass is 32.2. The van der Waals surface area contributed by atoms with Gasteiger partial charge in [-0.3, -0.25) is 14.2 Å². The van der Waals surface area contributed by atoms with Crippen molar-refractivity contribution in [2.75, 3.05) is 11.1 Å². The molecular weight excluding hydrogens is 382 g/mol. The van der Waals surface area contributed by atoms with Gasteiger partial charge in [0.05, 0.1) is 0 Å². The molecule has 0 aliphatic carbocycles. The molecule has 0 unspecified atom stereocenters. The van der Waals surface area contributed by atoms with Gasteiger partial charge in [-0.05, 0) is 43.0 Å². The molecule has 6 heteroatoms. The molecule has 3 rings (SSSR count). The quantitative estimate of drug-likeness (QED) is 0.451. The summed E-state index contributed by atoms with van der Waals surface area (Å²) in [5, 5.41) is 3.43. The van der Waals surface area contributed by atoms with Crippen LogP contribution in [0.25, 0.3) is 0 Å². The molecule has 0 fully saturated rings. The fourth-order valence-electron chi connectivity index (χ4n) is 2.92. The van der Waals surface area contributed by atoms with Crippen LogP contribution in [0, 0.1) is 6.92 Å². The number of nitrogens with one attached hydrogen (secondary N) is 1. The Balaban J connectivity index is 1.68. The van der Waals surface area contributed by atoms with Gasteiger partial charge in [-0.2, -0.15) is 0 Å². The third kappa shape index (κ3) is 6.06. The van der Waals surface area contributed by atoms with E-state index in [-0.39, 0.29) is 18.0 Å². The summed E-state index contributed by atoms with van der Waals surface area (Å²) in [7, 11) is 0. The molecule has 1 heterocycles. The van der Waals surface area contributed by atoms with E-state index < -0.39 is 0 Å². The largest absolute Gasteiger partial charge is 0.325 e. The zero-order chi connectivity index (χ0) is 20.6. The minimum atomic E-state index is -0.244. The van der Waals surface area contributed by atoms with Crippen molar-refractivity contribution in [3.63, 3.8) is 0 Å². The van der Waals surface area contributed by atoms with E-state index in [2.05, 4.69) is 29.4 Å². The normalized spacial score (nSPS) is 10.7. The molecule has 0 aliphatic heterocycles. The van der Waals surface area contributed by atoms with Gasteiger partial charge in [-0.25, -0.2) is 4.98 Å². The summed E-state index contributed by atoms with van der Waals surface area (Å²) in [6.45, 7) is 3.82. The Morgan fingerprint density at radius 3 is 2.48 bits per heavy atom. The minimum absolute atomic E-state index is 0.0602. The minimum Gasteiger partial charge on any atom is -0.325 e. The number of hydrogen-bond donors (Lipinski definition) is 1. The van der Waals surface area contributed by atoms with Crippen LogP contribution in [-0.4, -0.2) is 21.2 Å². The van der Waals surface area contributed by atoms with Crippen molar-refractivity contribution in [3.8, 4) is 0 Å². The van der Waals surface area contributed by atoms with E-state index in [9.17, 15) is 9.59 Å². The van der Waals surface area contributed by atoms with Gasteiger partial charge in [-0.1, -0.05) is 61.2 Å². The molecule has 0 spiro atoms. The summed E-state index contributed by atoms with van der Waals surface area (Å²) in [6.07, 6.45) is 1.81. The number of carbonyl (C=O) groups is 1. The van der Waals surface area contributed by atoms with Crippen molar-refractivity contribution in [2.24, 2.45) is 0 Å². The molecule has 0 saturated carbocycles. The third-order valence-electron chi connectivity index (χ3n) is 4.51. The maximum Gasteiger partial charge on any atom is 0.254 e. The smallest absolute Gasteiger partial charge is 0.254 e. The molecule has 0 atom stereocenters. The van der Waals surface area contributed by atoms with Gasteiger partial charge in [0.15, 0.2) is 5.16 Å². The van der Waals surface area contributed by atoms with E-state index in [1.54, 1.807) is 6.92 Å². The van der Waals surface area contributed by atoms with Gasteiger partial charge in [-0.15, -0.1) is 0 Å². The summed E-state index contributed by atoms with van der Waals surface area (Å²) in [5.41, 5.74) is 3.60. The molecule has 1 amide bonds. The van der Waals surface area contributed by atoms with Crippen LogP contribution >= 0.6 is 11.8 Å². The van der Waals surface area contributed by atoms with Crippen LogP contribution in [-0.2, 0) is 24.2 Å². The Morgan fingerprint density at radius 1 is 1.07 bits per heavy atom. The zero-order valence-electron chi connectivity index (χ0n) is 16.7. The number of hydrogen-bond acceptors (Lipinski definition) is 4. The number of benzene rings is 2. The van der Waals surface area contributed by atoms with Crippen LogP contribution in [0.4, 0.5) is 5.69 Å². The number of aromatic nitrogens is 2. The second-order valence-electron chi connectivity index (χ2n) is 6.79. The van der Waals surface area contributed by atoms with E-state index in [1.807, 2.05) is 42.5 Å². The van der Waals surface area contributed by atoms with Crippen LogP contribution in [0.15, 0.2) is 70.6 Å². The van der Waals surface area contributed by atoms with Crippen molar-refractivity contribution in [3.05, 3.63) is 87.8 Å². The van der Waals surface area contributed by atoms with E-state index >= 15 is 0 Å². The highest BCUT2D eigenvalue weighted by Gasteiger charge is 2.12. The van der Waals surface area contributed by atoms with Crippen LogP contribution in [0.3, 0.4) is 0 Å². The molecule has 150 valence electrons. The van der Waals surface area contributed by atoms with Gasteiger partial charge in [0.1, 0.15) is 6.54 Å². The number of amides is 1. The molecule has 0 bridgehead atoms. The Hall–Kier alpha value is -2.86. The average molecular weight is 408 g/mol. The Labute approximate surface area is 175 Å². The summed E-state index contributed by atoms with van der Waals surface area (Å²) < 4.78 is 1.44. The molecule has 1 aromatic heterocycles. The van der Waals surface area contributed by atoms with Crippen molar-refractivity contribution in [1.29, 1.82) is 0 Å². The maximum atomic E-state index is 12.5. The van der Waals surface area contributed by atoms with Crippen LogP contribution < -0.4 is 10.9 Å². The topological polar surface area (TPSA) is 64.0 Å². The highest BCUT2D eigenvalue weighted by Crippen LogP contribution is 2.17. The predicted molar refractivity (Wildman–Crippen MR) is 119 cm³/mol. The Morgan fingerprint density at radius 2 is 1.79 bits per heavy atom. The molecule has 29 heavy (non-hydrogen) atoms. The van der Waals surface area contributed by atoms with Crippen LogP contribution in [0.2, 0.25) is 0 Å². The van der Waals surface area contributed by atoms with Gasteiger partial charge in [0.2, 0.25) is 5.91 Å². The molecular formula is C23H25N3O2S. The zero-order valence-corrected chi connectivity index (χ0v) is 17.5. The molecule has 2 aromatic carbocycles. The first kappa shape index (κ1) is 20.9. The first-order chi connectivity index (χ1) is 14.0. The molecule has 5 nitrogen and oxygen atoms in total. The van der Waals surface area contributed by atoms with Crippen molar-refractivity contribution in [2.45, 2.75) is 38.4 Å². The Bertz CT molecular complexity index is 1010. The number of anilines is 1. The average Bonchev–Trinajstić information content (AvgIpc) is 2.72. The highest BCUT2D eigenvalue weighted by molar-refractivity contribution is 7.99. The second-order valence-corrected chi connectivity index (χ2v) is 7.85. The van der Waals surface area contributed by atoms with Gasteiger partial charge >= 0.3 is 0 Å². The fourth-order valence-corrected chi connectivity index (χ4v) is 3.96. The molecule has 3 aromatic rings. The van der Waals surface area contributed by atoms with Gasteiger partial charge < -0.3 is 5.32 Å². The van der Waals surface area contributed by atoms with Gasteiger partial charge in [0.25, 0.3) is 5.56 Å². The predicted octanol–water partition coefficient (Wildman–Crippen LogP) is 4.09. The molecule has 0 aliphatic rings. The summed E-state index contributed by atoms with van der Waals surface area (Å²) >= 11 is 1.50. The van der Waals surface area contributed by atoms with E-state index in [0.29, 0.717) is 10.9 Å². The molecule has 1 N–H and O–H groups in total. The number of aryl methyl sites for hydroxylation is 3. The summed E-state index contributed by atoms with van der Waals surface area (Å²) in [5.74, 6) is 0.534.